The lowest BCUT2D eigenvalue weighted by Gasteiger charge is -2.14. The van der Waals surface area contributed by atoms with E-state index in [0.29, 0.717) is 13.0 Å². The Bertz CT molecular complexity index is 242. The van der Waals surface area contributed by atoms with Gasteiger partial charge in [-0.3, -0.25) is 4.79 Å². The molecule has 4 heteroatoms. The fourth-order valence-corrected chi connectivity index (χ4v) is 2.37. The van der Waals surface area contributed by atoms with Gasteiger partial charge in [0.05, 0.1) is 31.3 Å². The van der Waals surface area contributed by atoms with Crippen molar-refractivity contribution in [1.29, 1.82) is 0 Å². The highest BCUT2D eigenvalue weighted by atomic mass is 16.5. The number of rotatable bonds is 8. The number of carbonyl (C=O) groups excluding carboxylic acids is 1. The summed E-state index contributed by atoms with van der Waals surface area (Å²) in [5.74, 6) is -0.284. The quantitative estimate of drug-likeness (QED) is 0.536. The largest absolute Gasteiger partial charge is 0.466 e. The minimum Gasteiger partial charge on any atom is -0.466 e. The van der Waals surface area contributed by atoms with Crippen LogP contribution >= 0.6 is 0 Å². The van der Waals surface area contributed by atoms with Gasteiger partial charge in [0.25, 0.3) is 0 Å². The van der Waals surface area contributed by atoms with Crippen LogP contribution in [0.2, 0.25) is 0 Å². The molecule has 0 aromatic rings. The van der Waals surface area contributed by atoms with Crippen LogP contribution in [-0.2, 0) is 14.3 Å². The minimum absolute atomic E-state index is 0.108. The van der Waals surface area contributed by atoms with E-state index in [4.69, 9.17) is 9.47 Å². The normalized spacial score (nSPS) is 27.4. The number of hydrogen-bond acceptors (Lipinski definition) is 4. The summed E-state index contributed by atoms with van der Waals surface area (Å²) in [4.78, 5) is 11.3. The second kappa shape index (κ2) is 8.48. The van der Waals surface area contributed by atoms with Gasteiger partial charge in [0, 0.05) is 6.42 Å². The van der Waals surface area contributed by atoms with Crippen LogP contribution in [0.25, 0.3) is 0 Å². The summed E-state index contributed by atoms with van der Waals surface area (Å²) in [6, 6.07) is 0. The maximum Gasteiger partial charge on any atom is 0.308 e. The average molecular weight is 258 g/mol. The van der Waals surface area contributed by atoms with Gasteiger partial charge in [0.15, 0.2) is 0 Å². The number of aliphatic hydroxyl groups is 1. The summed E-state index contributed by atoms with van der Waals surface area (Å²) >= 11 is 0. The highest BCUT2D eigenvalue weighted by Crippen LogP contribution is 2.26. The molecule has 1 saturated heterocycles. The molecular weight excluding hydrogens is 232 g/mol. The fourth-order valence-electron chi connectivity index (χ4n) is 2.37. The zero-order valence-electron chi connectivity index (χ0n) is 11.6. The molecule has 1 fully saturated rings. The molecule has 1 heterocycles. The molecule has 1 rings (SSSR count). The summed E-state index contributed by atoms with van der Waals surface area (Å²) in [6.07, 6.45) is 5.84. The summed E-state index contributed by atoms with van der Waals surface area (Å²) in [6.45, 7) is 4.34. The van der Waals surface area contributed by atoms with Crippen LogP contribution in [0.15, 0.2) is 0 Å². The molecule has 3 atom stereocenters. The van der Waals surface area contributed by atoms with Crippen molar-refractivity contribution in [1.82, 2.24) is 0 Å². The first-order valence-corrected chi connectivity index (χ1v) is 7.16. The second-order valence-corrected chi connectivity index (χ2v) is 4.96. The molecule has 0 unspecified atom stereocenters. The third-order valence-corrected chi connectivity index (χ3v) is 3.35. The molecule has 106 valence electrons. The molecule has 0 spiro atoms. The first kappa shape index (κ1) is 15.4. The van der Waals surface area contributed by atoms with E-state index < -0.39 is 6.10 Å². The van der Waals surface area contributed by atoms with E-state index in [1.54, 1.807) is 6.92 Å². The molecular formula is C14H26O4. The molecule has 0 aliphatic carbocycles. The third kappa shape index (κ3) is 5.36. The standard InChI is InChI=1S/C14H26O4/c1-3-5-6-7-8-11-9-12(15)13(18-11)10-14(16)17-4-2/h11-13,15H,3-10H2,1-2H3/t11-,12+,13+/m1/s1. The summed E-state index contributed by atoms with van der Waals surface area (Å²) in [5, 5.41) is 9.85. The van der Waals surface area contributed by atoms with Gasteiger partial charge in [0.1, 0.15) is 0 Å². The first-order valence-electron chi connectivity index (χ1n) is 7.16. The Morgan fingerprint density at radius 2 is 2.11 bits per heavy atom. The van der Waals surface area contributed by atoms with Crippen LogP contribution in [0.4, 0.5) is 0 Å². The lowest BCUT2D eigenvalue weighted by atomic mass is 10.0. The summed E-state index contributed by atoms with van der Waals surface area (Å²) < 4.78 is 10.6. The van der Waals surface area contributed by atoms with E-state index in [-0.39, 0.29) is 24.6 Å². The van der Waals surface area contributed by atoms with Gasteiger partial charge < -0.3 is 14.6 Å². The summed E-state index contributed by atoms with van der Waals surface area (Å²) in [5.41, 5.74) is 0. The van der Waals surface area contributed by atoms with Crippen molar-refractivity contribution in [3.8, 4) is 0 Å². The highest BCUT2D eigenvalue weighted by molar-refractivity contribution is 5.70. The van der Waals surface area contributed by atoms with E-state index in [0.717, 1.165) is 12.8 Å². The molecule has 1 aliphatic rings. The van der Waals surface area contributed by atoms with Gasteiger partial charge in [-0.05, 0) is 13.3 Å². The van der Waals surface area contributed by atoms with Gasteiger partial charge in [-0.1, -0.05) is 32.6 Å². The van der Waals surface area contributed by atoms with Gasteiger partial charge in [0.2, 0.25) is 0 Å². The second-order valence-electron chi connectivity index (χ2n) is 4.96. The Hall–Kier alpha value is -0.610. The number of unbranched alkanes of at least 4 members (excludes halogenated alkanes) is 3. The molecule has 0 aromatic heterocycles. The van der Waals surface area contributed by atoms with E-state index in [9.17, 15) is 9.90 Å². The Balaban J connectivity index is 2.21. The summed E-state index contributed by atoms with van der Waals surface area (Å²) in [7, 11) is 0. The van der Waals surface area contributed by atoms with Crippen molar-refractivity contribution in [3.05, 3.63) is 0 Å². The van der Waals surface area contributed by atoms with Crippen LogP contribution in [0.3, 0.4) is 0 Å². The predicted octanol–water partition coefficient (Wildman–Crippen LogP) is 2.43. The molecule has 1 aliphatic heterocycles. The van der Waals surface area contributed by atoms with Gasteiger partial charge in [-0.15, -0.1) is 0 Å². The molecule has 0 aromatic carbocycles. The predicted molar refractivity (Wildman–Crippen MR) is 69.3 cm³/mol. The number of aliphatic hydroxyl groups excluding tert-OH is 1. The molecule has 18 heavy (non-hydrogen) atoms. The maximum atomic E-state index is 11.3. The first-order chi connectivity index (χ1) is 8.67. The van der Waals surface area contributed by atoms with Gasteiger partial charge in [-0.2, -0.15) is 0 Å². The molecule has 0 amide bonds. The molecule has 4 nitrogen and oxygen atoms in total. The zero-order chi connectivity index (χ0) is 13.4. The molecule has 0 saturated carbocycles. The van der Waals surface area contributed by atoms with Gasteiger partial charge >= 0.3 is 5.97 Å². The lowest BCUT2D eigenvalue weighted by Crippen LogP contribution is -2.25. The van der Waals surface area contributed by atoms with Crippen molar-refractivity contribution in [2.24, 2.45) is 0 Å². The number of carbonyl (C=O) groups is 1. The molecule has 0 radical (unpaired) electrons. The van der Waals surface area contributed by atoms with Crippen molar-refractivity contribution >= 4 is 5.97 Å². The number of hydrogen-bond donors (Lipinski definition) is 1. The highest BCUT2D eigenvalue weighted by Gasteiger charge is 2.35. The topological polar surface area (TPSA) is 55.8 Å². The van der Waals surface area contributed by atoms with Crippen LogP contribution in [0.5, 0.6) is 0 Å². The van der Waals surface area contributed by atoms with E-state index in [1.165, 1.54) is 19.3 Å². The Kier molecular flexibility index (Phi) is 7.28. The van der Waals surface area contributed by atoms with Gasteiger partial charge in [-0.25, -0.2) is 0 Å². The van der Waals surface area contributed by atoms with Crippen molar-refractivity contribution in [2.75, 3.05) is 6.61 Å². The molecule has 0 bridgehead atoms. The Morgan fingerprint density at radius 3 is 2.78 bits per heavy atom. The molecule has 1 N–H and O–H groups in total. The van der Waals surface area contributed by atoms with Crippen molar-refractivity contribution in [2.45, 2.75) is 77.1 Å². The van der Waals surface area contributed by atoms with Crippen molar-refractivity contribution in [3.63, 3.8) is 0 Å². The van der Waals surface area contributed by atoms with Crippen molar-refractivity contribution < 1.29 is 19.4 Å². The lowest BCUT2D eigenvalue weighted by molar-refractivity contribution is -0.147. The van der Waals surface area contributed by atoms with E-state index in [1.807, 2.05) is 0 Å². The minimum atomic E-state index is -0.523. The van der Waals surface area contributed by atoms with Crippen LogP contribution in [0.1, 0.15) is 58.8 Å². The van der Waals surface area contributed by atoms with E-state index in [2.05, 4.69) is 6.92 Å². The van der Waals surface area contributed by atoms with Crippen LogP contribution in [0, 0.1) is 0 Å². The smallest absolute Gasteiger partial charge is 0.308 e. The SMILES string of the molecule is CCCCCC[C@@H]1C[C@H](O)[C@H](CC(=O)OCC)O1. The monoisotopic (exact) mass is 258 g/mol. The van der Waals surface area contributed by atoms with Crippen LogP contribution < -0.4 is 0 Å². The third-order valence-electron chi connectivity index (χ3n) is 3.35. The Labute approximate surface area is 110 Å². The number of ether oxygens (including phenoxy) is 2. The average Bonchev–Trinajstić information content (AvgIpc) is 2.66. The zero-order valence-corrected chi connectivity index (χ0v) is 11.6. The Morgan fingerprint density at radius 1 is 1.33 bits per heavy atom. The van der Waals surface area contributed by atoms with E-state index >= 15 is 0 Å². The maximum absolute atomic E-state index is 11.3. The fraction of sp³-hybridized carbons (Fsp3) is 0.929. The van der Waals surface area contributed by atoms with Crippen LogP contribution in [-0.4, -0.2) is 36.0 Å². The number of esters is 1.